The number of aliphatic hydroxyl groups excluding tert-OH is 3. The van der Waals surface area contributed by atoms with Gasteiger partial charge in [0.15, 0.2) is 0 Å². The Labute approximate surface area is 343 Å². The average molecular weight is 774 g/mol. The zero-order valence-corrected chi connectivity index (χ0v) is 36.8. The molecule has 1 amide bonds. The van der Waals surface area contributed by atoms with Crippen molar-refractivity contribution in [2.45, 2.75) is 270 Å². The smallest absolute Gasteiger partial charge is 0.222 e. The SMILES string of the molecule is CCCCCCCCCCC/C=C\C/C=C\CCCCCCCC(O)CC(=O)NC(CO)C(O)/C=C/CCCCCCCCCCCCCCCCCCC. The van der Waals surface area contributed by atoms with Crippen LogP contribution in [0.1, 0.15) is 251 Å². The fraction of sp³-hybridized carbons (Fsp3) is 0.860. The van der Waals surface area contributed by atoms with E-state index in [0.29, 0.717) is 6.42 Å². The van der Waals surface area contributed by atoms with Crippen LogP contribution in [0.3, 0.4) is 0 Å². The van der Waals surface area contributed by atoms with Crippen LogP contribution in [0.25, 0.3) is 0 Å². The Kier molecular flexibility index (Phi) is 44.1. The molecule has 0 aliphatic heterocycles. The summed E-state index contributed by atoms with van der Waals surface area (Å²) in [6, 6.07) is -0.749. The van der Waals surface area contributed by atoms with Crippen molar-refractivity contribution in [3.8, 4) is 0 Å². The van der Waals surface area contributed by atoms with Crippen LogP contribution < -0.4 is 5.32 Å². The van der Waals surface area contributed by atoms with Crippen LogP contribution in [0.2, 0.25) is 0 Å². The number of unbranched alkanes of at least 4 members (excludes halogenated alkanes) is 31. The van der Waals surface area contributed by atoms with E-state index in [-0.39, 0.29) is 18.9 Å². The van der Waals surface area contributed by atoms with E-state index in [1.807, 2.05) is 6.08 Å². The Bertz CT molecular complexity index is 855. The van der Waals surface area contributed by atoms with E-state index in [2.05, 4.69) is 43.5 Å². The zero-order chi connectivity index (χ0) is 40.1. The average Bonchev–Trinajstić information content (AvgIpc) is 3.18. The second-order valence-corrected chi connectivity index (χ2v) is 16.7. The molecule has 0 aliphatic rings. The Morgan fingerprint density at radius 3 is 1.20 bits per heavy atom. The fourth-order valence-electron chi connectivity index (χ4n) is 7.43. The minimum atomic E-state index is -0.933. The Hall–Kier alpha value is -1.43. The highest BCUT2D eigenvalue weighted by molar-refractivity contribution is 5.76. The largest absolute Gasteiger partial charge is 0.394 e. The molecule has 0 aromatic rings. The third kappa shape index (κ3) is 42.0. The minimum absolute atomic E-state index is 0.00459. The lowest BCUT2D eigenvalue weighted by atomic mass is 10.0. The third-order valence-corrected chi connectivity index (χ3v) is 11.2. The van der Waals surface area contributed by atoms with Gasteiger partial charge in [-0.05, 0) is 51.4 Å². The summed E-state index contributed by atoms with van der Waals surface area (Å²) < 4.78 is 0. The lowest BCUT2D eigenvalue weighted by Gasteiger charge is -2.21. The van der Waals surface area contributed by atoms with Crippen molar-refractivity contribution in [2.75, 3.05) is 6.61 Å². The molecule has 0 aromatic heterocycles. The first kappa shape index (κ1) is 53.6. The highest BCUT2D eigenvalue weighted by atomic mass is 16.3. The van der Waals surface area contributed by atoms with E-state index in [1.165, 1.54) is 180 Å². The predicted molar refractivity (Wildman–Crippen MR) is 241 cm³/mol. The van der Waals surface area contributed by atoms with Gasteiger partial charge >= 0.3 is 0 Å². The number of carbonyl (C=O) groups excluding carboxylic acids is 1. The lowest BCUT2D eigenvalue weighted by Crippen LogP contribution is -2.45. The number of rotatable bonds is 44. The van der Waals surface area contributed by atoms with Crippen LogP contribution in [0, 0.1) is 0 Å². The number of allylic oxidation sites excluding steroid dienone is 5. The second kappa shape index (κ2) is 45.3. The molecule has 55 heavy (non-hydrogen) atoms. The molecular formula is C50H95NO4. The van der Waals surface area contributed by atoms with Crippen molar-refractivity contribution < 1.29 is 20.1 Å². The summed E-state index contributed by atoms with van der Waals surface area (Å²) in [6.07, 6.45) is 57.2. The van der Waals surface area contributed by atoms with Crippen LogP contribution >= 0.6 is 0 Å². The maximum absolute atomic E-state index is 12.5. The van der Waals surface area contributed by atoms with E-state index < -0.39 is 18.2 Å². The second-order valence-electron chi connectivity index (χ2n) is 16.7. The molecule has 0 fully saturated rings. The Morgan fingerprint density at radius 1 is 0.473 bits per heavy atom. The van der Waals surface area contributed by atoms with Crippen molar-refractivity contribution in [1.29, 1.82) is 0 Å². The molecule has 3 atom stereocenters. The first-order chi connectivity index (χ1) is 27.0. The van der Waals surface area contributed by atoms with Crippen LogP contribution in [0.5, 0.6) is 0 Å². The number of nitrogens with one attached hydrogen (secondary N) is 1. The van der Waals surface area contributed by atoms with Gasteiger partial charge in [0.1, 0.15) is 0 Å². The fourth-order valence-corrected chi connectivity index (χ4v) is 7.43. The van der Waals surface area contributed by atoms with Gasteiger partial charge in [0.2, 0.25) is 5.91 Å². The molecule has 0 saturated heterocycles. The van der Waals surface area contributed by atoms with Gasteiger partial charge in [0.25, 0.3) is 0 Å². The molecule has 4 N–H and O–H groups in total. The quantitative estimate of drug-likeness (QED) is 0.0367. The normalized spacial score (nSPS) is 13.8. The van der Waals surface area contributed by atoms with Gasteiger partial charge in [-0.2, -0.15) is 0 Å². The summed E-state index contributed by atoms with van der Waals surface area (Å²) in [7, 11) is 0. The molecule has 0 bridgehead atoms. The van der Waals surface area contributed by atoms with Gasteiger partial charge in [0.05, 0.1) is 31.3 Å². The molecule has 5 heteroatoms. The van der Waals surface area contributed by atoms with Gasteiger partial charge in [-0.3, -0.25) is 4.79 Å². The van der Waals surface area contributed by atoms with Crippen LogP contribution in [-0.2, 0) is 4.79 Å². The summed E-state index contributed by atoms with van der Waals surface area (Å²) in [5, 5.41) is 33.3. The van der Waals surface area contributed by atoms with Crippen molar-refractivity contribution in [1.82, 2.24) is 5.32 Å². The molecule has 5 nitrogen and oxygen atoms in total. The monoisotopic (exact) mass is 774 g/mol. The lowest BCUT2D eigenvalue weighted by molar-refractivity contribution is -0.124. The number of aliphatic hydroxyl groups is 3. The maximum atomic E-state index is 12.5. The summed E-state index contributed by atoms with van der Waals surface area (Å²) in [5.74, 6) is -0.322. The summed E-state index contributed by atoms with van der Waals surface area (Å²) in [6.45, 7) is 4.22. The van der Waals surface area contributed by atoms with Gasteiger partial charge in [-0.1, -0.05) is 230 Å². The topological polar surface area (TPSA) is 89.8 Å². The van der Waals surface area contributed by atoms with E-state index in [4.69, 9.17) is 0 Å². The number of hydrogen-bond acceptors (Lipinski definition) is 4. The Balaban J connectivity index is 3.67. The molecule has 0 heterocycles. The van der Waals surface area contributed by atoms with E-state index in [0.717, 1.165) is 44.9 Å². The molecular weight excluding hydrogens is 679 g/mol. The molecule has 3 unspecified atom stereocenters. The molecule has 0 spiro atoms. The third-order valence-electron chi connectivity index (χ3n) is 11.2. The van der Waals surface area contributed by atoms with Crippen LogP contribution in [-0.4, -0.2) is 46.1 Å². The van der Waals surface area contributed by atoms with E-state index >= 15 is 0 Å². The molecule has 0 rings (SSSR count). The molecule has 0 saturated carbocycles. The van der Waals surface area contributed by atoms with Crippen molar-refractivity contribution in [2.24, 2.45) is 0 Å². The van der Waals surface area contributed by atoms with Crippen LogP contribution in [0.4, 0.5) is 0 Å². The first-order valence-electron chi connectivity index (χ1n) is 24.3. The van der Waals surface area contributed by atoms with Gasteiger partial charge in [-0.25, -0.2) is 0 Å². The highest BCUT2D eigenvalue weighted by Gasteiger charge is 2.20. The molecule has 0 aliphatic carbocycles. The minimum Gasteiger partial charge on any atom is -0.394 e. The number of hydrogen-bond donors (Lipinski definition) is 4. The van der Waals surface area contributed by atoms with Crippen molar-refractivity contribution in [3.05, 3.63) is 36.5 Å². The molecule has 0 radical (unpaired) electrons. The summed E-state index contributed by atoms with van der Waals surface area (Å²) in [4.78, 5) is 12.5. The van der Waals surface area contributed by atoms with Gasteiger partial charge in [0, 0.05) is 0 Å². The predicted octanol–water partition coefficient (Wildman–Crippen LogP) is 14.3. The number of carbonyl (C=O) groups is 1. The summed E-state index contributed by atoms with van der Waals surface area (Å²) in [5.41, 5.74) is 0. The van der Waals surface area contributed by atoms with Gasteiger partial charge < -0.3 is 20.6 Å². The van der Waals surface area contributed by atoms with Gasteiger partial charge in [-0.15, -0.1) is 0 Å². The van der Waals surface area contributed by atoms with Crippen molar-refractivity contribution in [3.63, 3.8) is 0 Å². The maximum Gasteiger partial charge on any atom is 0.222 e. The Morgan fingerprint density at radius 2 is 0.818 bits per heavy atom. The highest BCUT2D eigenvalue weighted by Crippen LogP contribution is 2.16. The molecule has 324 valence electrons. The first-order valence-corrected chi connectivity index (χ1v) is 24.3. The molecule has 0 aromatic carbocycles. The van der Waals surface area contributed by atoms with E-state index in [1.54, 1.807) is 6.08 Å². The number of amides is 1. The summed E-state index contributed by atoms with van der Waals surface area (Å²) >= 11 is 0. The van der Waals surface area contributed by atoms with Crippen molar-refractivity contribution >= 4 is 5.91 Å². The zero-order valence-electron chi connectivity index (χ0n) is 36.8. The van der Waals surface area contributed by atoms with E-state index in [9.17, 15) is 20.1 Å². The standard InChI is InChI=1S/C50H95NO4/c1-3-5-7-9-11-13-15-17-19-21-23-24-26-27-29-31-33-35-37-39-41-43-47(53)45-50(55)51-48(46-52)49(54)44-42-40-38-36-34-32-30-28-25-22-20-18-16-14-12-10-8-6-4-2/h23-24,27,29,42,44,47-49,52-54H,3-22,25-26,28,30-41,43,45-46H2,1-2H3,(H,51,55)/b24-23-,29-27-,44-42+. The van der Waals surface area contributed by atoms with Crippen LogP contribution in [0.15, 0.2) is 36.5 Å².